The lowest BCUT2D eigenvalue weighted by Gasteiger charge is -2.25. The van der Waals surface area contributed by atoms with Crippen molar-refractivity contribution >= 4 is 11.8 Å². The fourth-order valence-corrected chi connectivity index (χ4v) is 6.23. The molecule has 3 aromatic rings. The number of nitrogens with one attached hydrogen (secondary N) is 1. The van der Waals surface area contributed by atoms with Crippen molar-refractivity contribution in [2.45, 2.75) is 78.1 Å². The van der Waals surface area contributed by atoms with Crippen LogP contribution < -0.4 is 5.32 Å². The van der Waals surface area contributed by atoms with Gasteiger partial charge in [-0.2, -0.15) is 5.10 Å². The lowest BCUT2D eigenvalue weighted by atomic mass is 9.90. The third-order valence-corrected chi connectivity index (χ3v) is 8.38. The van der Waals surface area contributed by atoms with Crippen molar-refractivity contribution in [2.75, 3.05) is 31.5 Å². The predicted molar refractivity (Wildman–Crippen MR) is 156 cm³/mol. The molecule has 2 N–H and O–H groups in total. The van der Waals surface area contributed by atoms with Crippen molar-refractivity contribution in [1.82, 2.24) is 19.7 Å². The minimum absolute atomic E-state index is 0.0657. The number of rotatable bonds is 10. The van der Waals surface area contributed by atoms with E-state index in [2.05, 4.69) is 67.4 Å². The number of carbonyl (C=O) groups is 1. The molecule has 0 spiro atoms. The Balaban J connectivity index is 1.28. The smallest absolute Gasteiger partial charge is 0.304 e. The highest BCUT2D eigenvalue weighted by Gasteiger charge is 2.27. The number of hydrogen-bond acceptors (Lipinski definition) is 5. The lowest BCUT2D eigenvalue weighted by molar-refractivity contribution is -0.137. The first kappa shape index (κ1) is 27.4. The van der Waals surface area contributed by atoms with Gasteiger partial charge in [-0.15, -0.1) is 0 Å². The Hall–Kier alpha value is -3.19. The first-order valence-electron chi connectivity index (χ1n) is 14.6. The van der Waals surface area contributed by atoms with Crippen molar-refractivity contribution in [1.29, 1.82) is 0 Å². The number of likely N-dealkylation sites (tertiary alicyclic amines) is 1. The first-order chi connectivity index (χ1) is 18.7. The van der Waals surface area contributed by atoms with Crippen LogP contribution in [0.4, 0.5) is 5.82 Å². The summed E-state index contributed by atoms with van der Waals surface area (Å²) in [5.41, 5.74) is 7.91. The summed E-state index contributed by atoms with van der Waals surface area (Å²) in [6.45, 7) is 12.3. The maximum Gasteiger partial charge on any atom is 0.304 e. The molecule has 2 atom stereocenters. The van der Waals surface area contributed by atoms with Crippen molar-refractivity contribution in [3.05, 3.63) is 70.2 Å². The molecule has 0 bridgehead atoms. The molecule has 208 valence electrons. The minimum atomic E-state index is -0.745. The van der Waals surface area contributed by atoms with Crippen LogP contribution in [0.3, 0.4) is 0 Å². The molecule has 0 unspecified atom stereocenters. The van der Waals surface area contributed by atoms with Crippen LogP contribution in [-0.4, -0.2) is 56.9 Å². The Morgan fingerprint density at radius 2 is 1.97 bits per heavy atom. The molecule has 0 saturated carbocycles. The molecule has 7 heteroatoms. The summed E-state index contributed by atoms with van der Waals surface area (Å²) in [5, 5.41) is 18.0. The Bertz CT molecular complexity index is 1310. The van der Waals surface area contributed by atoms with Crippen LogP contribution in [0.15, 0.2) is 36.4 Å². The Kier molecular flexibility index (Phi) is 8.36. The van der Waals surface area contributed by atoms with Gasteiger partial charge in [-0.1, -0.05) is 26.0 Å². The second-order valence-corrected chi connectivity index (χ2v) is 11.9. The highest BCUT2D eigenvalue weighted by molar-refractivity contribution is 5.68. The standard InChI is InChI=1S/C32H43N5O2/c1-21(2)26-15-27(17-30(16-26)37-23(4)14-22(3)35-37)28(18-31(38)39)20-36-13-11-24(19-36)7-9-29-10-8-25-6-5-12-33-32(25)34-29/h8,10,14-17,21,24,28H,5-7,9,11-13,18-20H2,1-4H3,(H,33,34)(H,38,39)/t24-,28+/m1/s1. The summed E-state index contributed by atoms with van der Waals surface area (Å²) < 4.78 is 1.98. The maximum absolute atomic E-state index is 12.0. The van der Waals surface area contributed by atoms with Gasteiger partial charge in [-0.3, -0.25) is 4.79 Å². The number of aromatic nitrogens is 3. The van der Waals surface area contributed by atoms with Crippen LogP contribution in [-0.2, 0) is 17.6 Å². The van der Waals surface area contributed by atoms with Gasteiger partial charge in [0.25, 0.3) is 0 Å². The van der Waals surface area contributed by atoms with Gasteiger partial charge in [0.05, 0.1) is 17.8 Å². The Morgan fingerprint density at radius 1 is 1.15 bits per heavy atom. The van der Waals surface area contributed by atoms with E-state index in [4.69, 9.17) is 10.1 Å². The van der Waals surface area contributed by atoms with Crippen molar-refractivity contribution < 1.29 is 9.90 Å². The van der Waals surface area contributed by atoms with Gasteiger partial charge < -0.3 is 15.3 Å². The summed E-state index contributed by atoms with van der Waals surface area (Å²) in [6, 6.07) is 13.1. The van der Waals surface area contributed by atoms with Gasteiger partial charge in [0.15, 0.2) is 0 Å². The second-order valence-electron chi connectivity index (χ2n) is 11.9. The molecule has 0 amide bonds. The third-order valence-electron chi connectivity index (χ3n) is 8.38. The summed E-state index contributed by atoms with van der Waals surface area (Å²) in [4.78, 5) is 19.3. The van der Waals surface area contributed by atoms with Gasteiger partial charge in [0.1, 0.15) is 5.82 Å². The number of pyridine rings is 1. The van der Waals surface area contributed by atoms with E-state index in [9.17, 15) is 9.90 Å². The van der Waals surface area contributed by atoms with Gasteiger partial charge in [0.2, 0.25) is 0 Å². The predicted octanol–water partition coefficient (Wildman–Crippen LogP) is 5.88. The number of hydrogen-bond donors (Lipinski definition) is 2. The highest BCUT2D eigenvalue weighted by Crippen LogP contribution is 2.31. The number of aliphatic carboxylic acids is 1. The average molecular weight is 530 g/mol. The highest BCUT2D eigenvalue weighted by atomic mass is 16.4. The van der Waals surface area contributed by atoms with E-state index in [0.29, 0.717) is 11.8 Å². The summed E-state index contributed by atoms with van der Waals surface area (Å²) >= 11 is 0. The van der Waals surface area contributed by atoms with E-state index in [1.165, 1.54) is 23.2 Å². The number of anilines is 1. The zero-order valence-electron chi connectivity index (χ0n) is 23.9. The number of aryl methyl sites for hydroxylation is 4. The van der Waals surface area contributed by atoms with E-state index in [1.54, 1.807) is 0 Å². The van der Waals surface area contributed by atoms with Crippen molar-refractivity contribution in [3.63, 3.8) is 0 Å². The molecule has 5 rings (SSSR count). The van der Waals surface area contributed by atoms with E-state index in [1.807, 2.05) is 11.6 Å². The lowest BCUT2D eigenvalue weighted by Crippen LogP contribution is -2.28. The third kappa shape index (κ3) is 6.70. The molecule has 1 aromatic carbocycles. The molecule has 0 radical (unpaired) electrons. The zero-order valence-corrected chi connectivity index (χ0v) is 23.9. The van der Waals surface area contributed by atoms with E-state index < -0.39 is 5.97 Å². The van der Waals surface area contributed by atoms with Crippen LogP contribution >= 0.6 is 0 Å². The molecular weight excluding hydrogens is 486 g/mol. The molecule has 4 heterocycles. The monoisotopic (exact) mass is 529 g/mol. The largest absolute Gasteiger partial charge is 0.481 e. The maximum atomic E-state index is 12.0. The molecule has 7 nitrogen and oxygen atoms in total. The quantitative estimate of drug-likeness (QED) is 0.341. The Morgan fingerprint density at radius 3 is 2.72 bits per heavy atom. The molecule has 0 aliphatic carbocycles. The van der Waals surface area contributed by atoms with Gasteiger partial charge in [-0.05, 0) is 105 Å². The van der Waals surface area contributed by atoms with Gasteiger partial charge >= 0.3 is 5.97 Å². The van der Waals surface area contributed by atoms with E-state index >= 15 is 0 Å². The summed E-state index contributed by atoms with van der Waals surface area (Å²) in [5.74, 6) is 1.23. The van der Waals surface area contributed by atoms with E-state index in [-0.39, 0.29) is 12.3 Å². The minimum Gasteiger partial charge on any atom is -0.481 e. The number of carboxylic acid groups (broad SMARTS) is 1. The van der Waals surface area contributed by atoms with Crippen molar-refractivity contribution in [3.8, 4) is 5.69 Å². The SMILES string of the molecule is Cc1cc(C)n(-c2cc(C(C)C)cc([C@@H](CC(=O)O)CN3CC[C@@H](CCc4ccc5c(n4)NCCC5)C3)c2)n1. The normalized spacial score (nSPS) is 18.2. The first-order valence-corrected chi connectivity index (χ1v) is 14.6. The Labute approximate surface area is 232 Å². The fraction of sp³-hybridized carbons (Fsp3) is 0.531. The number of carboxylic acids is 1. The second kappa shape index (κ2) is 11.9. The van der Waals surface area contributed by atoms with Crippen LogP contribution in [0.25, 0.3) is 5.69 Å². The van der Waals surface area contributed by atoms with Gasteiger partial charge in [0, 0.05) is 36.9 Å². The molecule has 1 fully saturated rings. The van der Waals surface area contributed by atoms with E-state index in [0.717, 1.165) is 80.3 Å². The molecular formula is C32H43N5O2. The number of benzene rings is 1. The number of fused-ring (bicyclic) bond motifs is 1. The summed E-state index contributed by atoms with van der Waals surface area (Å²) in [6.07, 6.45) is 5.70. The number of nitrogens with zero attached hydrogens (tertiary/aromatic N) is 4. The topological polar surface area (TPSA) is 83.3 Å². The zero-order chi connectivity index (χ0) is 27.5. The molecule has 2 aliphatic rings. The molecule has 1 saturated heterocycles. The van der Waals surface area contributed by atoms with Crippen molar-refractivity contribution in [2.24, 2.45) is 5.92 Å². The molecule has 2 aromatic heterocycles. The molecule has 2 aliphatic heterocycles. The average Bonchev–Trinajstić information content (AvgIpc) is 3.51. The summed E-state index contributed by atoms with van der Waals surface area (Å²) in [7, 11) is 0. The fourth-order valence-electron chi connectivity index (χ4n) is 6.23. The van der Waals surface area contributed by atoms with Crippen LogP contribution in [0.1, 0.15) is 85.1 Å². The van der Waals surface area contributed by atoms with Crippen LogP contribution in [0, 0.1) is 19.8 Å². The van der Waals surface area contributed by atoms with Gasteiger partial charge in [-0.25, -0.2) is 9.67 Å². The molecule has 39 heavy (non-hydrogen) atoms. The van der Waals surface area contributed by atoms with Crippen LogP contribution in [0.2, 0.25) is 0 Å². The van der Waals surface area contributed by atoms with Crippen LogP contribution in [0.5, 0.6) is 0 Å².